The van der Waals surface area contributed by atoms with Gasteiger partial charge in [-0.25, -0.2) is 0 Å². The van der Waals surface area contributed by atoms with Gasteiger partial charge in [-0.1, -0.05) is 92.7 Å². The Bertz CT molecular complexity index is 1730. The SMILES string of the molecule is CC1(C)c2cc(N(C3=CC=C(c4ccccc4)CC3)c3ccncc3)ccc2-c2ccc3ccccc3c21. The Morgan fingerprint density at radius 1 is 0.684 bits per heavy atom. The fourth-order valence-electron chi connectivity index (χ4n) is 6.41. The molecular weight excluding hydrogens is 460 g/mol. The van der Waals surface area contributed by atoms with E-state index in [0.29, 0.717) is 0 Å². The van der Waals surface area contributed by atoms with E-state index < -0.39 is 0 Å². The quantitative estimate of drug-likeness (QED) is 0.249. The first-order valence-electron chi connectivity index (χ1n) is 13.4. The summed E-state index contributed by atoms with van der Waals surface area (Å²) in [5.41, 5.74) is 11.8. The second-order valence-corrected chi connectivity index (χ2v) is 10.8. The van der Waals surface area contributed by atoms with E-state index in [1.807, 2.05) is 12.4 Å². The van der Waals surface area contributed by atoms with Crippen LogP contribution in [0.2, 0.25) is 0 Å². The molecule has 0 aliphatic heterocycles. The lowest BCUT2D eigenvalue weighted by molar-refractivity contribution is 0.666. The standard InChI is InChI=1S/C36H30N2/c1-36(2)34-24-30(17-19-32(34)33-18-14-27-10-6-7-11-31(27)35(33)36)38(29-20-22-37-23-21-29)28-15-12-26(13-16-28)25-8-4-3-5-9-25/h3-12,14-15,17-24H,13,16H2,1-2H3. The highest BCUT2D eigenvalue weighted by atomic mass is 15.1. The molecule has 2 aliphatic carbocycles. The zero-order chi connectivity index (χ0) is 25.7. The molecule has 0 atom stereocenters. The van der Waals surface area contributed by atoms with Gasteiger partial charge in [0, 0.05) is 34.9 Å². The molecule has 0 unspecified atom stereocenters. The van der Waals surface area contributed by atoms with Crippen LogP contribution in [0.4, 0.5) is 11.4 Å². The van der Waals surface area contributed by atoms with Crippen LogP contribution in [0.1, 0.15) is 43.4 Å². The first kappa shape index (κ1) is 22.7. The predicted molar refractivity (Wildman–Crippen MR) is 160 cm³/mol. The van der Waals surface area contributed by atoms with Gasteiger partial charge in [-0.2, -0.15) is 0 Å². The van der Waals surface area contributed by atoms with Crippen LogP contribution < -0.4 is 4.90 Å². The molecule has 1 heterocycles. The highest BCUT2D eigenvalue weighted by Gasteiger charge is 2.37. The van der Waals surface area contributed by atoms with E-state index in [1.165, 1.54) is 55.5 Å². The highest BCUT2D eigenvalue weighted by molar-refractivity contribution is 5.98. The van der Waals surface area contributed by atoms with Crippen molar-refractivity contribution in [2.45, 2.75) is 32.1 Å². The summed E-state index contributed by atoms with van der Waals surface area (Å²) in [6, 6.07) is 35.3. The fraction of sp³-hybridized carbons (Fsp3) is 0.139. The van der Waals surface area contributed by atoms with Gasteiger partial charge in [-0.3, -0.25) is 4.98 Å². The number of nitrogens with zero attached hydrogens (tertiary/aromatic N) is 2. The van der Waals surface area contributed by atoms with Gasteiger partial charge >= 0.3 is 0 Å². The van der Waals surface area contributed by atoms with Gasteiger partial charge in [0.25, 0.3) is 0 Å². The number of aromatic nitrogens is 1. The summed E-state index contributed by atoms with van der Waals surface area (Å²) < 4.78 is 0. The third kappa shape index (κ3) is 3.60. The van der Waals surface area contributed by atoms with Crippen molar-refractivity contribution >= 4 is 27.7 Å². The highest BCUT2D eigenvalue weighted by Crippen LogP contribution is 2.52. The molecule has 184 valence electrons. The lowest BCUT2D eigenvalue weighted by atomic mass is 9.80. The maximum atomic E-state index is 4.30. The van der Waals surface area contributed by atoms with Crippen molar-refractivity contribution < 1.29 is 0 Å². The maximum Gasteiger partial charge on any atom is 0.0489 e. The third-order valence-corrected chi connectivity index (χ3v) is 8.26. The van der Waals surface area contributed by atoms with Crippen molar-refractivity contribution in [1.82, 2.24) is 4.98 Å². The Labute approximate surface area is 224 Å². The molecule has 0 fully saturated rings. The number of fused-ring (bicyclic) bond motifs is 5. The van der Waals surface area contributed by atoms with Gasteiger partial charge in [0.15, 0.2) is 0 Å². The van der Waals surface area contributed by atoms with E-state index in [-0.39, 0.29) is 5.41 Å². The Morgan fingerprint density at radius 2 is 1.45 bits per heavy atom. The summed E-state index contributed by atoms with van der Waals surface area (Å²) in [5.74, 6) is 0. The lowest BCUT2D eigenvalue weighted by Gasteiger charge is -2.31. The molecule has 0 saturated carbocycles. The minimum absolute atomic E-state index is 0.0905. The van der Waals surface area contributed by atoms with Gasteiger partial charge in [0.1, 0.15) is 0 Å². The molecule has 0 amide bonds. The minimum atomic E-state index is -0.0905. The van der Waals surface area contributed by atoms with Crippen LogP contribution >= 0.6 is 0 Å². The zero-order valence-electron chi connectivity index (χ0n) is 21.9. The number of hydrogen-bond donors (Lipinski definition) is 0. The number of pyridine rings is 1. The van der Waals surface area contributed by atoms with Crippen LogP contribution in [0, 0.1) is 0 Å². The van der Waals surface area contributed by atoms with Crippen LogP contribution in [-0.2, 0) is 5.41 Å². The molecule has 2 heteroatoms. The maximum absolute atomic E-state index is 4.30. The van der Waals surface area contributed by atoms with Gasteiger partial charge in [0.2, 0.25) is 0 Å². The number of allylic oxidation sites excluding steroid dienone is 4. The average molecular weight is 491 g/mol. The van der Waals surface area contributed by atoms with Gasteiger partial charge in [-0.15, -0.1) is 0 Å². The van der Waals surface area contributed by atoms with Crippen molar-refractivity contribution in [3.8, 4) is 11.1 Å². The van der Waals surface area contributed by atoms with Crippen LogP contribution in [0.25, 0.3) is 27.5 Å². The first-order valence-corrected chi connectivity index (χ1v) is 13.4. The molecule has 7 rings (SSSR count). The van der Waals surface area contributed by atoms with E-state index >= 15 is 0 Å². The molecule has 0 N–H and O–H groups in total. The molecule has 1 aromatic heterocycles. The van der Waals surface area contributed by atoms with Crippen molar-refractivity contribution in [3.05, 3.63) is 144 Å². The van der Waals surface area contributed by atoms with E-state index in [1.54, 1.807) is 0 Å². The largest absolute Gasteiger partial charge is 0.314 e. The monoisotopic (exact) mass is 490 g/mol. The molecule has 2 nitrogen and oxygen atoms in total. The van der Waals surface area contributed by atoms with Gasteiger partial charge in [-0.05, 0) is 87.3 Å². The summed E-state index contributed by atoms with van der Waals surface area (Å²) in [7, 11) is 0. The van der Waals surface area contributed by atoms with Crippen molar-refractivity contribution in [3.63, 3.8) is 0 Å². The second-order valence-electron chi connectivity index (χ2n) is 10.8. The fourth-order valence-corrected chi connectivity index (χ4v) is 6.41. The van der Waals surface area contributed by atoms with Crippen LogP contribution in [0.5, 0.6) is 0 Å². The number of anilines is 2. The molecule has 0 bridgehead atoms. The number of hydrogen-bond acceptors (Lipinski definition) is 2. The third-order valence-electron chi connectivity index (χ3n) is 8.26. The molecule has 2 aliphatic rings. The summed E-state index contributed by atoms with van der Waals surface area (Å²) in [6.07, 6.45) is 10.4. The number of rotatable bonds is 4. The minimum Gasteiger partial charge on any atom is -0.314 e. The molecule has 0 radical (unpaired) electrons. The van der Waals surface area contributed by atoms with Crippen molar-refractivity contribution in [2.24, 2.45) is 0 Å². The van der Waals surface area contributed by atoms with E-state index in [9.17, 15) is 0 Å². The van der Waals surface area contributed by atoms with Gasteiger partial charge in [0.05, 0.1) is 0 Å². The van der Waals surface area contributed by atoms with Crippen molar-refractivity contribution in [1.29, 1.82) is 0 Å². The molecular formula is C36H30N2. The summed E-state index contributed by atoms with van der Waals surface area (Å²) in [5, 5.41) is 2.66. The smallest absolute Gasteiger partial charge is 0.0489 e. The van der Waals surface area contributed by atoms with E-state index in [4.69, 9.17) is 0 Å². The van der Waals surface area contributed by atoms with E-state index in [2.05, 4.69) is 133 Å². The molecule has 38 heavy (non-hydrogen) atoms. The summed E-state index contributed by atoms with van der Waals surface area (Å²) in [4.78, 5) is 6.71. The van der Waals surface area contributed by atoms with Crippen LogP contribution in [-0.4, -0.2) is 4.98 Å². The average Bonchev–Trinajstić information content (AvgIpc) is 3.21. The van der Waals surface area contributed by atoms with E-state index in [0.717, 1.165) is 18.5 Å². The molecule has 5 aromatic rings. The molecule has 0 spiro atoms. The van der Waals surface area contributed by atoms with Crippen LogP contribution in [0.15, 0.2) is 127 Å². The Hall–Kier alpha value is -4.43. The lowest BCUT2D eigenvalue weighted by Crippen LogP contribution is -2.20. The van der Waals surface area contributed by atoms with Crippen molar-refractivity contribution in [2.75, 3.05) is 4.90 Å². The summed E-state index contributed by atoms with van der Waals surface area (Å²) in [6.45, 7) is 4.75. The molecule has 0 saturated heterocycles. The predicted octanol–water partition coefficient (Wildman–Crippen LogP) is 9.44. The Balaban J connectivity index is 1.35. The number of benzene rings is 4. The first-order chi connectivity index (χ1) is 18.6. The zero-order valence-corrected chi connectivity index (χ0v) is 21.9. The second kappa shape index (κ2) is 8.85. The van der Waals surface area contributed by atoms with Crippen LogP contribution in [0.3, 0.4) is 0 Å². The van der Waals surface area contributed by atoms with Gasteiger partial charge < -0.3 is 4.90 Å². The Kier molecular flexibility index (Phi) is 5.30. The Morgan fingerprint density at radius 3 is 2.24 bits per heavy atom. The normalized spacial score (nSPS) is 15.4. The topological polar surface area (TPSA) is 16.1 Å². The molecule has 4 aromatic carbocycles. The summed E-state index contributed by atoms with van der Waals surface area (Å²) >= 11 is 0.